The van der Waals surface area contributed by atoms with Gasteiger partial charge in [-0.15, -0.1) is 10.2 Å². The zero-order valence-electron chi connectivity index (χ0n) is 17.2. The Hall–Kier alpha value is -3.63. The second kappa shape index (κ2) is 9.88. The molecule has 1 saturated heterocycles. The lowest BCUT2D eigenvalue weighted by atomic mass is 10.2. The quantitative estimate of drug-likeness (QED) is 0.315. The van der Waals surface area contributed by atoms with Crippen LogP contribution in [0.4, 0.5) is 10.8 Å². The number of aromatic nitrogens is 2. The summed E-state index contributed by atoms with van der Waals surface area (Å²) in [5.74, 6) is -0.617. The van der Waals surface area contributed by atoms with Gasteiger partial charge in [-0.05, 0) is 48.7 Å². The number of non-ortho nitro benzene ring substituents is 1. The van der Waals surface area contributed by atoms with E-state index < -0.39 is 11.0 Å². The van der Waals surface area contributed by atoms with Gasteiger partial charge in [0.25, 0.3) is 5.69 Å². The van der Waals surface area contributed by atoms with Crippen LogP contribution in [0.25, 0.3) is 16.6 Å². The van der Waals surface area contributed by atoms with Crippen molar-refractivity contribution in [3.63, 3.8) is 0 Å². The first-order valence-corrected chi connectivity index (χ1v) is 11.2. The van der Waals surface area contributed by atoms with E-state index in [1.54, 1.807) is 30.3 Å². The van der Waals surface area contributed by atoms with Crippen LogP contribution in [0.1, 0.15) is 18.4 Å². The molecular weight excluding hydrogens is 466 g/mol. The summed E-state index contributed by atoms with van der Waals surface area (Å²) in [6, 6.07) is 12.4. The molecule has 1 aliphatic heterocycles. The summed E-state index contributed by atoms with van der Waals surface area (Å²) in [7, 11) is 0. The number of rotatable bonds is 6. The molecule has 1 aliphatic rings. The van der Waals surface area contributed by atoms with E-state index in [2.05, 4.69) is 15.5 Å². The third-order valence-corrected chi connectivity index (χ3v) is 6.25. The van der Waals surface area contributed by atoms with E-state index in [0.717, 1.165) is 5.56 Å². The van der Waals surface area contributed by atoms with Crippen LogP contribution in [0.2, 0.25) is 5.02 Å². The zero-order valence-corrected chi connectivity index (χ0v) is 18.8. The molecule has 4 rings (SSSR count). The lowest BCUT2D eigenvalue weighted by Crippen LogP contribution is -2.42. The lowest BCUT2D eigenvalue weighted by Gasteiger charge is -2.22. The Labute approximate surface area is 197 Å². The summed E-state index contributed by atoms with van der Waals surface area (Å²) < 4.78 is 0. The fraction of sp³-hybridized carbons (Fsp3) is 0.182. The van der Waals surface area contributed by atoms with Crippen molar-refractivity contribution in [2.75, 3.05) is 11.9 Å². The molecule has 33 heavy (non-hydrogen) atoms. The number of carbonyl (C=O) groups is 2. The fourth-order valence-electron chi connectivity index (χ4n) is 3.45. The summed E-state index contributed by atoms with van der Waals surface area (Å²) >= 11 is 7.15. The maximum atomic E-state index is 12.8. The van der Waals surface area contributed by atoms with Crippen molar-refractivity contribution in [1.29, 1.82) is 0 Å². The molecular formula is C22H18ClN5O4S. The molecule has 0 saturated carbocycles. The molecule has 2 aromatic carbocycles. The number of benzene rings is 2. The van der Waals surface area contributed by atoms with Gasteiger partial charge in [-0.3, -0.25) is 25.0 Å². The molecule has 0 unspecified atom stereocenters. The van der Waals surface area contributed by atoms with Crippen molar-refractivity contribution in [3.8, 4) is 10.6 Å². The van der Waals surface area contributed by atoms with Gasteiger partial charge in [0.15, 0.2) is 0 Å². The van der Waals surface area contributed by atoms with Gasteiger partial charge in [0, 0.05) is 35.3 Å². The number of anilines is 1. The van der Waals surface area contributed by atoms with Crippen molar-refractivity contribution in [2.24, 2.45) is 0 Å². The number of carbonyl (C=O) groups excluding carboxylic acids is 2. The minimum absolute atomic E-state index is 0.0225. The number of likely N-dealkylation sites (tertiary alicyclic amines) is 1. The Morgan fingerprint density at radius 1 is 1.15 bits per heavy atom. The summed E-state index contributed by atoms with van der Waals surface area (Å²) in [5, 5.41) is 23.3. The molecule has 1 atom stereocenters. The highest BCUT2D eigenvalue weighted by molar-refractivity contribution is 7.18. The Morgan fingerprint density at radius 3 is 2.58 bits per heavy atom. The Balaban J connectivity index is 1.39. The monoisotopic (exact) mass is 483 g/mol. The van der Waals surface area contributed by atoms with Crippen molar-refractivity contribution in [2.45, 2.75) is 18.9 Å². The van der Waals surface area contributed by atoms with E-state index in [4.69, 9.17) is 11.6 Å². The van der Waals surface area contributed by atoms with E-state index in [9.17, 15) is 19.7 Å². The summed E-state index contributed by atoms with van der Waals surface area (Å²) in [5.41, 5.74) is 1.47. The van der Waals surface area contributed by atoms with Crippen molar-refractivity contribution < 1.29 is 14.5 Å². The third kappa shape index (κ3) is 5.41. The number of amides is 2. The zero-order chi connectivity index (χ0) is 23.4. The van der Waals surface area contributed by atoms with Crippen LogP contribution in [0.3, 0.4) is 0 Å². The third-order valence-electron chi connectivity index (χ3n) is 5.11. The second-order valence-corrected chi connectivity index (χ2v) is 8.69. The predicted molar refractivity (Wildman–Crippen MR) is 126 cm³/mol. The average molecular weight is 484 g/mol. The van der Waals surface area contributed by atoms with Gasteiger partial charge in [0.1, 0.15) is 11.0 Å². The molecule has 0 spiro atoms. The smallest absolute Gasteiger partial charge is 0.269 e. The highest BCUT2D eigenvalue weighted by atomic mass is 35.5. The second-order valence-electron chi connectivity index (χ2n) is 7.28. The van der Waals surface area contributed by atoms with Crippen molar-refractivity contribution in [3.05, 3.63) is 75.3 Å². The topological polar surface area (TPSA) is 118 Å². The van der Waals surface area contributed by atoms with E-state index in [1.165, 1.54) is 34.4 Å². The van der Waals surface area contributed by atoms with E-state index in [1.807, 2.05) is 12.1 Å². The van der Waals surface area contributed by atoms with Gasteiger partial charge < -0.3 is 4.90 Å². The molecule has 2 heterocycles. The Kier molecular flexibility index (Phi) is 6.76. The first-order valence-electron chi connectivity index (χ1n) is 10.0. The average Bonchev–Trinajstić information content (AvgIpc) is 3.48. The minimum atomic E-state index is -0.609. The molecule has 9 nitrogen and oxygen atoms in total. The largest absolute Gasteiger partial charge is 0.327 e. The summed E-state index contributed by atoms with van der Waals surface area (Å²) in [6.07, 6.45) is 4.20. The van der Waals surface area contributed by atoms with E-state index in [0.29, 0.717) is 40.1 Å². The number of nitrogens with zero attached hydrogens (tertiary/aromatic N) is 4. The normalized spacial score (nSPS) is 15.7. The van der Waals surface area contributed by atoms with Crippen LogP contribution in [0.15, 0.2) is 54.6 Å². The predicted octanol–water partition coefficient (Wildman–Crippen LogP) is 4.41. The van der Waals surface area contributed by atoms with E-state index in [-0.39, 0.29) is 17.5 Å². The fourth-order valence-corrected chi connectivity index (χ4v) is 4.32. The van der Waals surface area contributed by atoms with Gasteiger partial charge in [-0.25, -0.2) is 0 Å². The maximum Gasteiger partial charge on any atom is 0.269 e. The van der Waals surface area contributed by atoms with E-state index >= 15 is 0 Å². The first-order chi connectivity index (χ1) is 15.9. The van der Waals surface area contributed by atoms with Crippen LogP contribution < -0.4 is 5.32 Å². The van der Waals surface area contributed by atoms with Crippen LogP contribution in [0.5, 0.6) is 0 Å². The standard InChI is InChI=1S/C22H18ClN5O4S/c23-16-8-6-15(7-9-16)21-25-26-22(33-21)24-20(30)18-2-1-13-27(18)19(29)12-5-14-3-10-17(11-4-14)28(31)32/h3-12,18H,1-2,13H2,(H,24,26,30)/b12-5+/t18-/m1/s1. The van der Waals surface area contributed by atoms with Gasteiger partial charge in [0.05, 0.1) is 4.92 Å². The Bertz CT molecular complexity index is 1210. The molecule has 168 valence electrons. The molecule has 1 N–H and O–H groups in total. The van der Waals surface area contributed by atoms with Crippen LogP contribution in [-0.2, 0) is 9.59 Å². The Morgan fingerprint density at radius 2 is 1.88 bits per heavy atom. The lowest BCUT2D eigenvalue weighted by molar-refractivity contribution is -0.384. The minimum Gasteiger partial charge on any atom is -0.327 e. The molecule has 1 aromatic heterocycles. The van der Waals surface area contributed by atoms with Gasteiger partial charge >= 0.3 is 0 Å². The highest BCUT2D eigenvalue weighted by Gasteiger charge is 2.33. The number of hydrogen-bond donors (Lipinski definition) is 1. The van der Waals surface area contributed by atoms with Crippen LogP contribution in [0, 0.1) is 10.1 Å². The molecule has 0 radical (unpaired) electrons. The number of hydrogen-bond acceptors (Lipinski definition) is 7. The number of nitro benzene ring substituents is 1. The highest BCUT2D eigenvalue weighted by Crippen LogP contribution is 2.28. The van der Waals surface area contributed by atoms with Crippen molar-refractivity contribution in [1.82, 2.24) is 15.1 Å². The molecule has 1 fully saturated rings. The van der Waals surface area contributed by atoms with Crippen molar-refractivity contribution >= 4 is 51.6 Å². The summed E-state index contributed by atoms with van der Waals surface area (Å²) in [6.45, 7) is 0.466. The molecule has 0 bridgehead atoms. The molecule has 0 aliphatic carbocycles. The maximum absolute atomic E-state index is 12.8. The van der Waals surface area contributed by atoms with Crippen LogP contribution >= 0.6 is 22.9 Å². The first kappa shape index (κ1) is 22.6. The number of nitro groups is 1. The molecule has 11 heteroatoms. The molecule has 2 amide bonds. The summed E-state index contributed by atoms with van der Waals surface area (Å²) in [4.78, 5) is 37.3. The van der Waals surface area contributed by atoms with Gasteiger partial charge in [0.2, 0.25) is 16.9 Å². The van der Waals surface area contributed by atoms with Crippen LogP contribution in [-0.4, -0.2) is 44.4 Å². The number of nitrogens with one attached hydrogen (secondary N) is 1. The SMILES string of the molecule is O=C(Nc1nnc(-c2ccc(Cl)cc2)s1)[C@H]1CCCN1C(=O)/C=C/c1ccc([N+](=O)[O-])cc1. The number of halogens is 1. The van der Waals surface area contributed by atoms with Gasteiger partial charge in [-0.2, -0.15) is 0 Å². The molecule has 3 aromatic rings. The van der Waals surface area contributed by atoms with Gasteiger partial charge in [-0.1, -0.05) is 35.1 Å².